The van der Waals surface area contributed by atoms with E-state index in [2.05, 4.69) is 39.1 Å². The van der Waals surface area contributed by atoms with E-state index >= 15 is 0 Å². The largest absolute Gasteiger partial charge is 0.0984 e. The smallest absolute Gasteiger partial charge is 0.0155 e. The van der Waals surface area contributed by atoms with E-state index in [4.69, 9.17) is 0 Å². The number of hydrogen-bond acceptors (Lipinski definition) is 0. The highest BCUT2D eigenvalue weighted by Gasteiger charge is 2.06. The van der Waals surface area contributed by atoms with E-state index in [1.807, 2.05) is 12.2 Å². The van der Waals surface area contributed by atoms with Crippen LogP contribution in [0, 0.1) is 0 Å². The molecule has 0 aliphatic heterocycles. The molecular formula is C14H18. The van der Waals surface area contributed by atoms with Crippen LogP contribution in [0.25, 0.3) is 12.2 Å². The predicted octanol–water partition coefficient (Wildman–Crippen LogP) is 4.10. The summed E-state index contributed by atoms with van der Waals surface area (Å²) < 4.78 is 0. The van der Waals surface area contributed by atoms with Gasteiger partial charge in [-0.25, -0.2) is 0 Å². The molecule has 74 valence electrons. The monoisotopic (exact) mass is 186 g/mol. The maximum Gasteiger partial charge on any atom is -0.0155 e. The van der Waals surface area contributed by atoms with Crippen LogP contribution in [0.5, 0.6) is 0 Å². The first-order valence-electron chi connectivity index (χ1n) is 5.18. The predicted molar refractivity (Wildman–Crippen MR) is 65.4 cm³/mol. The zero-order valence-corrected chi connectivity index (χ0v) is 9.14. The van der Waals surface area contributed by atoms with Crippen LogP contribution in [0.2, 0.25) is 0 Å². The summed E-state index contributed by atoms with van der Waals surface area (Å²) in [6.07, 6.45) is 5.98. The Hall–Kier alpha value is -1.30. The van der Waals surface area contributed by atoms with Crippen LogP contribution >= 0.6 is 0 Å². The third-order valence-electron chi connectivity index (χ3n) is 2.65. The fraction of sp³-hybridized carbons (Fsp3) is 0.286. The number of rotatable bonds is 4. The van der Waals surface area contributed by atoms with Gasteiger partial charge in [0.15, 0.2) is 0 Å². The van der Waals surface area contributed by atoms with Gasteiger partial charge >= 0.3 is 0 Å². The van der Waals surface area contributed by atoms with Gasteiger partial charge in [-0.15, -0.1) is 0 Å². The van der Waals surface area contributed by atoms with Crippen molar-refractivity contribution in [1.29, 1.82) is 0 Å². The highest BCUT2D eigenvalue weighted by molar-refractivity contribution is 5.67. The summed E-state index contributed by atoms with van der Waals surface area (Å²) in [5.74, 6) is 0. The van der Waals surface area contributed by atoms with Crippen LogP contribution in [0.15, 0.2) is 25.3 Å². The van der Waals surface area contributed by atoms with E-state index in [-0.39, 0.29) is 0 Å². The van der Waals surface area contributed by atoms with Gasteiger partial charge in [0, 0.05) is 0 Å². The average molecular weight is 186 g/mol. The lowest BCUT2D eigenvalue weighted by Crippen LogP contribution is -1.96. The summed E-state index contributed by atoms with van der Waals surface area (Å²) in [6.45, 7) is 12.1. The van der Waals surface area contributed by atoms with Gasteiger partial charge in [0.2, 0.25) is 0 Å². The zero-order chi connectivity index (χ0) is 10.6. The standard InChI is InChI=1S/C14H18/c1-5-11-9-10-12(6-2)14(8-4)13(11)7-3/h5,7,9-10H,1,3,6,8H2,2,4H3. The summed E-state index contributed by atoms with van der Waals surface area (Å²) in [4.78, 5) is 0. The van der Waals surface area contributed by atoms with Crippen molar-refractivity contribution in [2.24, 2.45) is 0 Å². The third-order valence-corrected chi connectivity index (χ3v) is 2.65. The molecule has 0 saturated carbocycles. The van der Waals surface area contributed by atoms with Crippen molar-refractivity contribution in [3.63, 3.8) is 0 Å². The fourth-order valence-electron chi connectivity index (χ4n) is 1.90. The van der Waals surface area contributed by atoms with Gasteiger partial charge in [0.25, 0.3) is 0 Å². The van der Waals surface area contributed by atoms with Crippen LogP contribution in [0.3, 0.4) is 0 Å². The Labute approximate surface area is 87.0 Å². The van der Waals surface area contributed by atoms with Crippen LogP contribution in [0.4, 0.5) is 0 Å². The lowest BCUT2D eigenvalue weighted by atomic mass is 9.93. The molecule has 0 N–H and O–H groups in total. The minimum atomic E-state index is 1.06. The molecule has 0 saturated heterocycles. The van der Waals surface area contributed by atoms with Gasteiger partial charge in [-0.1, -0.05) is 51.3 Å². The lowest BCUT2D eigenvalue weighted by molar-refractivity contribution is 1.03. The van der Waals surface area contributed by atoms with Gasteiger partial charge in [-0.2, -0.15) is 0 Å². The second kappa shape index (κ2) is 4.80. The average Bonchev–Trinajstić information content (AvgIpc) is 2.26. The molecule has 1 aromatic carbocycles. The van der Waals surface area contributed by atoms with E-state index in [1.54, 1.807) is 0 Å². The molecule has 0 fully saturated rings. The molecule has 14 heavy (non-hydrogen) atoms. The van der Waals surface area contributed by atoms with Crippen LogP contribution in [0.1, 0.15) is 36.1 Å². The quantitative estimate of drug-likeness (QED) is 0.664. The van der Waals surface area contributed by atoms with Crippen molar-refractivity contribution in [2.75, 3.05) is 0 Å². The van der Waals surface area contributed by atoms with Gasteiger partial charge in [0.05, 0.1) is 0 Å². The van der Waals surface area contributed by atoms with Crippen molar-refractivity contribution in [3.8, 4) is 0 Å². The fourth-order valence-corrected chi connectivity index (χ4v) is 1.90. The summed E-state index contributed by atoms with van der Waals surface area (Å²) >= 11 is 0. The second-order valence-corrected chi connectivity index (χ2v) is 3.32. The molecule has 0 radical (unpaired) electrons. The Morgan fingerprint density at radius 1 is 1.07 bits per heavy atom. The molecule has 0 amide bonds. The summed E-state index contributed by atoms with van der Waals surface area (Å²) in [5, 5.41) is 0. The minimum absolute atomic E-state index is 1.06. The van der Waals surface area contributed by atoms with Crippen molar-refractivity contribution >= 4 is 12.2 Å². The highest BCUT2D eigenvalue weighted by atomic mass is 14.1. The van der Waals surface area contributed by atoms with Crippen LogP contribution in [-0.2, 0) is 12.8 Å². The Kier molecular flexibility index (Phi) is 3.70. The summed E-state index contributed by atoms with van der Waals surface area (Å²) in [6, 6.07) is 4.32. The lowest BCUT2D eigenvalue weighted by Gasteiger charge is -2.12. The minimum Gasteiger partial charge on any atom is -0.0984 e. The first-order chi connectivity index (χ1) is 6.78. The molecule has 0 spiro atoms. The Morgan fingerprint density at radius 3 is 2.21 bits per heavy atom. The summed E-state index contributed by atoms with van der Waals surface area (Å²) in [5.41, 5.74) is 5.28. The molecule has 0 bridgehead atoms. The molecule has 0 aliphatic carbocycles. The SMILES string of the molecule is C=Cc1ccc(CC)c(CC)c1C=C. The first kappa shape index (κ1) is 10.8. The third kappa shape index (κ3) is 1.79. The molecule has 0 unspecified atom stereocenters. The van der Waals surface area contributed by atoms with Crippen LogP contribution in [-0.4, -0.2) is 0 Å². The number of benzene rings is 1. The second-order valence-electron chi connectivity index (χ2n) is 3.32. The Morgan fingerprint density at radius 2 is 1.79 bits per heavy atom. The van der Waals surface area contributed by atoms with Gasteiger partial charge in [-0.05, 0) is 35.1 Å². The Balaban J connectivity index is 3.43. The van der Waals surface area contributed by atoms with Gasteiger partial charge in [0.1, 0.15) is 0 Å². The maximum atomic E-state index is 3.88. The molecule has 0 aliphatic rings. The summed E-state index contributed by atoms with van der Waals surface area (Å²) in [7, 11) is 0. The van der Waals surface area contributed by atoms with Crippen molar-refractivity contribution in [3.05, 3.63) is 47.5 Å². The van der Waals surface area contributed by atoms with E-state index in [0.717, 1.165) is 12.8 Å². The van der Waals surface area contributed by atoms with Crippen molar-refractivity contribution < 1.29 is 0 Å². The maximum absolute atomic E-state index is 3.88. The van der Waals surface area contributed by atoms with E-state index in [0.29, 0.717) is 0 Å². The molecular weight excluding hydrogens is 168 g/mol. The Bertz CT molecular complexity index is 345. The number of aryl methyl sites for hydroxylation is 1. The van der Waals surface area contributed by atoms with E-state index in [1.165, 1.54) is 22.3 Å². The van der Waals surface area contributed by atoms with E-state index in [9.17, 15) is 0 Å². The molecule has 1 rings (SSSR count). The van der Waals surface area contributed by atoms with Gasteiger partial charge in [-0.3, -0.25) is 0 Å². The molecule has 0 heterocycles. The first-order valence-corrected chi connectivity index (χ1v) is 5.18. The molecule has 1 aromatic rings. The topological polar surface area (TPSA) is 0 Å². The molecule has 0 nitrogen and oxygen atoms in total. The van der Waals surface area contributed by atoms with Crippen molar-refractivity contribution in [2.45, 2.75) is 26.7 Å². The normalized spacial score (nSPS) is 9.86. The van der Waals surface area contributed by atoms with Crippen LogP contribution < -0.4 is 0 Å². The molecule has 0 aromatic heterocycles. The van der Waals surface area contributed by atoms with Crippen molar-refractivity contribution in [1.82, 2.24) is 0 Å². The number of hydrogen-bond donors (Lipinski definition) is 0. The van der Waals surface area contributed by atoms with Gasteiger partial charge < -0.3 is 0 Å². The molecule has 0 heteroatoms. The zero-order valence-electron chi connectivity index (χ0n) is 9.14. The highest BCUT2D eigenvalue weighted by Crippen LogP contribution is 2.22. The van der Waals surface area contributed by atoms with E-state index < -0.39 is 0 Å². The molecule has 0 atom stereocenters.